The minimum atomic E-state index is -1.08. The van der Waals surface area contributed by atoms with Gasteiger partial charge in [-0.25, -0.2) is 9.78 Å². The van der Waals surface area contributed by atoms with Crippen molar-refractivity contribution < 1.29 is 19.4 Å². The number of hydrogen-bond acceptors (Lipinski definition) is 7. The molecule has 2 saturated heterocycles. The Balaban J connectivity index is 1.46. The third kappa shape index (κ3) is 3.51. The molecule has 2 N–H and O–H groups in total. The van der Waals surface area contributed by atoms with E-state index in [9.17, 15) is 14.7 Å². The standard InChI is InChI=1S/C16H21N5O4/c22-14(10-1-2-10)20-3-5-21(6-4-20)16-18-12(15(23)24)7-13(19-16)17-11-8-25-9-11/h7,10-11H,1-6,8-9H2,(H,23,24)(H,17,18,19). The van der Waals surface area contributed by atoms with Crippen LogP contribution in [0.1, 0.15) is 23.3 Å². The molecule has 0 radical (unpaired) electrons. The Morgan fingerprint density at radius 2 is 1.88 bits per heavy atom. The molecule has 9 nitrogen and oxygen atoms in total. The van der Waals surface area contributed by atoms with Crippen LogP contribution in [0.5, 0.6) is 0 Å². The first-order chi connectivity index (χ1) is 12.1. The summed E-state index contributed by atoms with van der Waals surface area (Å²) in [6.07, 6.45) is 2.01. The van der Waals surface area contributed by atoms with E-state index < -0.39 is 5.97 Å². The molecule has 25 heavy (non-hydrogen) atoms. The van der Waals surface area contributed by atoms with Gasteiger partial charge in [0.05, 0.1) is 19.3 Å². The first kappa shape index (κ1) is 16.1. The summed E-state index contributed by atoms with van der Waals surface area (Å²) in [7, 11) is 0. The average Bonchev–Trinajstić information content (AvgIpc) is 3.42. The highest BCUT2D eigenvalue weighted by Crippen LogP contribution is 2.31. The number of carbonyl (C=O) groups is 2. The molecule has 2 aliphatic heterocycles. The molecule has 1 saturated carbocycles. The van der Waals surface area contributed by atoms with Gasteiger partial charge in [-0.05, 0) is 12.8 Å². The summed E-state index contributed by atoms with van der Waals surface area (Å²) in [5.74, 6) is 0.262. The zero-order chi connectivity index (χ0) is 17.4. The Bertz CT molecular complexity index is 681. The molecule has 1 aliphatic carbocycles. The number of aromatic nitrogens is 2. The Morgan fingerprint density at radius 1 is 1.16 bits per heavy atom. The van der Waals surface area contributed by atoms with Crippen LogP contribution in [0.4, 0.5) is 11.8 Å². The molecule has 0 aromatic carbocycles. The molecule has 3 aliphatic rings. The van der Waals surface area contributed by atoms with E-state index in [0.717, 1.165) is 12.8 Å². The van der Waals surface area contributed by atoms with Crippen molar-refractivity contribution in [3.05, 3.63) is 11.8 Å². The van der Waals surface area contributed by atoms with Gasteiger partial charge < -0.3 is 25.0 Å². The molecule has 1 aromatic heterocycles. The minimum absolute atomic E-state index is 0.0378. The predicted octanol–water partition coefficient (Wildman–Crippen LogP) is 0.0441. The van der Waals surface area contributed by atoms with Gasteiger partial charge in [0.25, 0.3) is 0 Å². The normalized spacial score (nSPS) is 21.0. The topological polar surface area (TPSA) is 108 Å². The van der Waals surface area contributed by atoms with Crippen LogP contribution >= 0.6 is 0 Å². The lowest BCUT2D eigenvalue weighted by Gasteiger charge is -2.35. The van der Waals surface area contributed by atoms with E-state index >= 15 is 0 Å². The number of anilines is 2. The van der Waals surface area contributed by atoms with Gasteiger partial charge in [-0.3, -0.25) is 4.79 Å². The van der Waals surface area contributed by atoms with E-state index in [0.29, 0.717) is 51.2 Å². The molecule has 0 bridgehead atoms. The van der Waals surface area contributed by atoms with Crippen LogP contribution in [0, 0.1) is 5.92 Å². The summed E-state index contributed by atoms with van der Waals surface area (Å²) < 4.78 is 5.12. The van der Waals surface area contributed by atoms with Gasteiger partial charge in [0, 0.05) is 38.2 Å². The Morgan fingerprint density at radius 3 is 2.44 bits per heavy atom. The maximum absolute atomic E-state index is 12.1. The number of rotatable bonds is 5. The third-order valence-electron chi connectivity index (χ3n) is 4.72. The van der Waals surface area contributed by atoms with Crippen LogP contribution in [0.3, 0.4) is 0 Å². The molecule has 3 heterocycles. The minimum Gasteiger partial charge on any atom is -0.477 e. The Hall–Kier alpha value is -2.42. The van der Waals surface area contributed by atoms with Gasteiger partial charge in [-0.1, -0.05) is 0 Å². The smallest absolute Gasteiger partial charge is 0.354 e. The van der Waals surface area contributed by atoms with Gasteiger partial charge in [0.15, 0.2) is 5.69 Å². The summed E-state index contributed by atoms with van der Waals surface area (Å²) in [6, 6.07) is 1.59. The quantitative estimate of drug-likeness (QED) is 0.769. The lowest BCUT2D eigenvalue weighted by atomic mass is 10.2. The molecular formula is C16H21N5O4. The molecule has 134 valence electrons. The lowest BCUT2D eigenvalue weighted by molar-refractivity contribution is -0.132. The maximum atomic E-state index is 12.1. The van der Waals surface area contributed by atoms with Crippen LogP contribution < -0.4 is 10.2 Å². The molecule has 1 aromatic rings. The summed E-state index contributed by atoms with van der Waals surface area (Å²) in [5.41, 5.74) is -0.0378. The van der Waals surface area contributed by atoms with Crippen molar-refractivity contribution in [2.75, 3.05) is 49.6 Å². The van der Waals surface area contributed by atoms with Crippen molar-refractivity contribution in [3.63, 3.8) is 0 Å². The van der Waals surface area contributed by atoms with E-state index in [1.807, 2.05) is 9.80 Å². The number of carboxylic acids is 1. The van der Waals surface area contributed by atoms with Crippen molar-refractivity contribution in [1.82, 2.24) is 14.9 Å². The number of carboxylic acid groups (broad SMARTS) is 1. The number of aromatic carboxylic acids is 1. The fourth-order valence-corrected chi connectivity index (χ4v) is 3.00. The van der Waals surface area contributed by atoms with Crippen molar-refractivity contribution in [3.8, 4) is 0 Å². The molecule has 1 amide bonds. The Kier molecular flexibility index (Phi) is 4.16. The van der Waals surface area contributed by atoms with Crippen molar-refractivity contribution >= 4 is 23.6 Å². The largest absolute Gasteiger partial charge is 0.477 e. The number of amides is 1. The van der Waals surface area contributed by atoms with Gasteiger partial charge >= 0.3 is 5.97 Å². The fraction of sp³-hybridized carbons (Fsp3) is 0.625. The van der Waals surface area contributed by atoms with Crippen LogP contribution in [-0.4, -0.2) is 77.3 Å². The number of hydrogen-bond donors (Lipinski definition) is 2. The zero-order valence-electron chi connectivity index (χ0n) is 13.8. The maximum Gasteiger partial charge on any atom is 0.354 e. The predicted molar refractivity (Wildman–Crippen MR) is 88.7 cm³/mol. The number of nitrogens with one attached hydrogen (secondary N) is 1. The number of piperazine rings is 1. The first-order valence-electron chi connectivity index (χ1n) is 8.60. The molecule has 4 rings (SSSR count). The SMILES string of the molecule is O=C(O)c1cc(NC2COC2)nc(N2CCN(C(=O)C3CC3)CC2)n1. The third-order valence-corrected chi connectivity index (χ3v) is 4.72. The van der Waals surface area contributed by atoms with Crippen molar-refractivity contribution in [2.24, 2.45) is 5.92 Å². The van der Waals surface area contributed by atoms with Crippen LogP contribution in [0.2, 0.25) is 0 Å². The monoisotopic (exact) mass is 347 g/mol. The number of nitrogens with zero attached hydrogens (tertiary/aromatic N) is 4. The second-order valence-corrected chi connectivity index (χ2v) is 6.71. The molecule has 9 heteroatoms. The summed E-state index contributed by atoms with van der Waals surface area (Å²) in [4.78, 5) is 36.0. The van der Waals surface area contributed by atoms with Gasteiger partial charge in [-0.2, -0.15) is 4.98 Å². The zero-order valence-corrected chi connectivity index (χ0v) is 13.8. The van der Waals surface area contributed by atoms with Crippen molar-refractivity contribution in [1.29, 1.82) is 0 Å². The molecule has 0 unspecified atom stereocenters. The summed E-state index contributed by atoms with van der Waals surface area (Å²) >= 11 is 0. The lowest BCUT2D eigenvalue weighted by Crippen LogP contribution is -2.50. The van der Waals surface area contributed by atoms with Crippen LogP contribution in [0.15, 0.2) is 6.07 Å². The number of ether oxygens (including phenoxy) is 1. The van der Waals surface area contributed by atoms with E-state index in [1.165, 1.54) is 6.07 Å². The average molecular weight is 347 g/mol. The fourth-order valence-electron chi connectivity index (χ4n) is 3.00. The van der Waals surface area contributed by atoms with E-state index in [-0.39, 0.29) is 23.6 Å². The summed E-state index contributed by atoms with van der Waals surface area (Å²) in [5, 5.41) is 12.5. The number of carbonyl (C=O) groups excluding carboxylic acids is 1. The van der Waals surface area contributed by atoms with Gasteiger partial charge in [0.1, 0.15) is 5.82 Å². The van der Waals surface area contributed by atoms with Gasteiger partial charge in [-0.15, -0.1) is 0 Å². The highest BCUT2D eigenvalue weighted by molar-refractivity contribution is 5.86. The molecule has 3 fully saturated rings. The molecular weight excluding hydrogens is 326 g/mol. The second-order valence-electron chi connectivity index (χ2n) is 6.71. The highest BCUT2D eigenvalue weighted by Gasteiger charge is 2.35. The Labute approximate surface area is 145 Å². The van der Waals surface area contributed by atoms with Crippen LogP contribution in [0.25, 0.3) is 0 Å². The molecule has 0 atom stereocenters. The second kappa shape index (κ2) is 6.47. The van der Waals surface area contributed by atoms with E-state index in [2.05, 4.69) is 15.3 Å². The van der Waals surface area contributed by atoms with E-state index in [4.69, 9.17) is 4.74 Å². The van der Waals surface area contributed by atoms with E-state index in [1.54, 1.807) is 0 Å². The summed E-state index contributed by atoms with van der Waals surface area (Å²) in [6.45, 7) is 3.62. The van der Waals surface area contributed by atoms with Gasteiger partial charge in [0.2, 0.25) is 11.9 Å². The first-order valence-corrected chi connectivity index (χ1v) is 8.60. The van der Waals surface area contributed by atoms with Crippen molar-refractivity contribution in [2.45, 2.75) is 18.9 Å². The highest BCUT2D eigenvalue weighted by atomic mass is 16.5. The van der Waals surface area contributed by atoms with Crippen LogP contribution in [-0.2, 0) is 9.53 Å². The molecule has 0 spiro atoms.